The van der Waals surface area contributed by atoms with Gasteiger partial charge in [-0.3, -0.25) is 14.5 Å². The van der Waals surface area contributed by atoms with Crippen LogP contribution in [0.15, 0.2) is 36.7 Å². The van der Waals surface area contributed by atoms with Crippen LogP contribution in [0.2, 0.25) is 0 Å². The molecule has 1 aromatic heterocycles. The molecule has 0 fully saturated rings. The Labute approximate surface area is 146 Å². The van der Waals surface area contributed by atoms with Crippen molar-refractivity contribution in [3.8, 4) is 5.75 Å². The Morgan fingerprint density at radius 2 is 2.16 bits per heavy atom. The molecule has 0 unspecified atom stereocenters. The first-order chi connectivity index (χ1) is 12.1. The van der Waals surface area contributed by atoms with E-state index in [0.29, 0.717) is 18.0 Å². The Balaban J connectivity index is 1.53. The third kappa shape index (κ3) is 3.81. The molecular formula is C18H22N4O3. The van der Waals surface area contributed by atoms with Gasteiger partial charge < -0.3 is 14.6 Å². The van der Waals surface area contributed by atoms with Crippen molar-refractivity contribution in [2.24, 2.45) is 0 Å². The van der Waals surface area contributed by atoms with Crippen molar-refractivity contribution in [3.63, 3.8) is 0 Å². The molecule has 3 rings (SSSR count). The highest BCUT2D eigenvalue weighted by atomic mass is 16.5. The molecule has 0 bridgehead atoms. The van der Waals surface area contributed by atoms with Crippen molar-refractivity contribution in [1.82, 2.24) is 14.9 Å². The van der Waals surface area contributed by atoms with Crippen molar-refractivity contribution in [2.45, 2.75) is 32.9 Å². The topological polar surface area (TPSA) is 76.5 Å². The van der Waals surface area contributed by atoms with Gasteiger partial charge in [-0.15, -0.1) is 0 Å². The van der Waals surface area contributed by atoms with Crippen LogP contribution in [0, 0.1) is 6.92 Å². The average Bonchev–Trinajstić information content (AvgIpc) is 3.01. The molecule has 0 saturated carbocycles. The molecule has 0 saturated heterocycles. The molecule has 0 aliphatic carbocycles. The molecular weight excluding hydrogens is 320 g/mol. The smallest absolute Gasteiger partial charge is 0.268 e. The van der Waals surface area contributed by atoms with Gasteiger partial charge in [0.05, 0.1) is 5.69 Å². The van der Waals surface area contributed by atoms with E-state index in [1.165, 1.54) is 4.90 Å². The van der Waals surface area contributed by atoms with E-state index < -0.39 is 6.10 Å². The highest BCUT2D eigenvalue weighted by molar-refractivity contribution is 6.03. The minimum atomic E-state index is -0.591. The van der Waals surface area contributed by atoms with E-state index in [4.69, 9.17) is 4.74 Å². The number of nitrogens with zero attached hydrogens (tertiary/aromatic N) is 3. The van der Waals surface area contributed by atoms with Crippen LogP contribution >= 0.6 is 0 Å². The van der Waals surface area contributed by atoms with Gasteiger partial charge in [0, 0.05) is 25.5 Å². The van der Waals surface area contributed by atoms with Crippen LogP contribution in [-0.2, 0) is 16.1 Å². The van der Waals surface area contributed by atoms with Crippen molar-refractivity contribution >= 4 is 17.5 Å². The molecule has 7 heteroatoms. The summed E-state index contributed by atoms with van der Waals surface area (Å²) in [7, 11) is 0. The molecule has 1 aliphatic heterocycles. The summed E-state index contributed by atoms with van der Waals surface area (Å²) in [6, 6.07) is 7.26. The van der Waals surface area contributed by atoms with E-state index in [1.807, 2.05) is 29.8 Å². The van der Waals surface area contributed by atoms with Crippen molar-refractivity contribution in [3.05, 3.63) is 42.5 Å². The molecule has 1 N–H and O–H groups in total. The third-order valence-corrected chi connectivity index (χ3v) is 4.20. The maximum absolute atomic E-state index is 12.4. The number of hydrogen-bond donors (Lipinski definition) is 1. The summed E-state index contributed by atoms with van der Waals surface area (Å²) in [5.41, 5.74) is 0.634. The second-order valence-electron chi connectivity index (χ2n) is 6.02. The maximum atomic E-state index is 12.4. The number of aryl methyl sites for hydroxylation is 2. The van der Waals surface area contributed by atoms with Crippen LogP contribution in [-0.4, -0.2) is 40.6 Å². The van der Waals surface area contributed by atoms with Crippen molar-refractivity contribution < 1.29 is 14.3 Å². The van der Waals surface area contributed by atoms with Gasteiger partial charge in [-0.2, -0.15) is 0 Å². The number of benzene rings is 1. The third-order valence-electron chi connectivity index (χ3n) is 4.20. The molecule has 0 radical (unpaired) electrons. The van der Waals surface area contributed by atoms with Crippen molar-refractivity contribution in [2.75, 3.05) is 18.0 Å². The van der Waals surface area contributed by atoms with Crippen LogP contribution in [0.25, 0.3) is 0 Å². The molecule has 2 amide bonds. The molecule has 25 heavy (non-hydrogen) atoms. The fourth-order valence-corrected chi connectivity index (χ4v) is 2.84. The lowest BCUT2D eigenvalue weighted by molar-refractivity contribution is -0.128. The molecule has 1 atom stereocenters. The summed E-state index contributed by atoms with van der Waals surface area (Å²) in [6.45, 7) is 4.97. The van der Waals surface area contributed by atoms with Gasteiger partial charge in [-0.25, -0.2) is 4.98 Å². The van der Waals surface area contributed by atoms with Gasteiger partial charge in [-0.1, -0.05) is 12.1 Å². The second-order valence-corrected chi connectivity index (χ2v) is 6.02. The highest BCUT2D eigenvalue weighted by Gasteiger charge is 2.32. The fraction of sp³-hybridized carbons (Fsp3) is 0.389. The van der Waals surface area contributed by atoms with Crippen LogP contribution in [0.3, 0.4) is 0 Å². The lowest BCUT2D eigenvalue weighted by Gasteiger charge is -2.32. The molecule has 2 aromatic rings. The largest absolute Gasteiger partial charge is 0.479 e. The number of rotatable bonds is 6. The monoisotopic (exact) mass is 342 g/mol. The quantitative estimate of drug-likeness (QED) is 0.808. The predicted molar refractivity (Wildman–Crippen MR) is 93.5 cm³/mol. The molecule has 7 nitrogen and oxygen atoms in total. The van der Waals surface area contributed by atoms with Crippen molar-refractivity contribution in [1.29, 1.82) is 0 Å². The van der Waals surface area contributed by atoms with Crippen LogP contribution in [0.5, 0.6) is 5.75 Å². The zero-order valence-electron chi connectivity index (χ0n) is 14.4. The van der Waals surface area contributed by atoms with Crippen LogP contribution in [0.4, 0.5) is 5.69 Å². The Kier molecular flexibility index (Phi) is 5.02. The Morgan fingerprint density at radius 3 is 2.92 bits per heavy atom. The number of hydrogen-bond acceptors (Lipinski definition) is 4. The lowest BCUT2D eigenvalue weighted by atomic mass is 10.2. The number of aromatic nitrogens is 2. The molecule has 2 heterocycles. The number of para-hydroxylation sites is 2. The predicted octanol–water partition coefficient (Wildman–Crippen LogP) is 1.51. The summed E-state index contributed by atoms with van der Waals surface area (Å²) < 4.78 is 7.61. The van der Waals surface area contributed by atoms with Gasteiger partial charge in [0.2, 0.25) is 5.91 Å². The van der Waals surface area contributed by atoms with E-state index >= 15 is 0 Å². The summed E-state index contributed by atoms with van der Waals surface area (Å²) in [4.78, 5) is 30.2. The number of fused-ring (bicyclic) bond motifs is 1. The molecule has 132 valence electrons. The highest BCUT2D eigenvalue weighted by Crippen LogP contribution is 2.33. The van der Waals surface area contributed by atoms with E-state index in [0.717, 1.165) is 18.8 Å². The number of nitrogens with one attached hydrogen (secondary N) is 1. The summed E-state index contributed by atoms with van der Waals surface area (Å²) >= 11 is 0. The minimum absolute atomic E-state index is 0.00630. The Morgan fingerprint density at radius 1 is 1.36 bits per heavy atom. The summed E-state index contributed by atoms with van der Waals surface area (Å²) in [5, 5.41) is 2.87. The molecule has 1 aliphatic rings. The van der Waals surface area contributed by atoms with Crippen LogP contribution in [0.1, 0.15) is 19.2 Å². The molecule has 1 aromatic carbocycles. The number of amides is 2. The van der Waals surface area contributed by atoms with Gasteiger partial charge in [0.1, 0.15) is 18.1 Å². The second kappa shape index (κ2) is 7.38. The Hall–Kier alpha value is -2.83. The van der Waals surface area contributed by atoms with Gasteiger partial charge in [0.25, 0.3) is 5.91 Å². The standard InChI is InChI=1S/C18H22N4O3/c1-13-18(24)22(15-6-3-4-7-16(15)25-13)12-17(23)20-8-5-10-21-11-9-19-14(21)2/h3-4,6-7,9,11,13H,5,8,10,12H2,1-2H3,(H,20,23)/t13-/m0/s1. The van der Waals surface area contributed by atoms with E-state index in [9.17, 15) is 9.59 Å². The normalized spacial score (nSPS) is 16.3. The fourth-order valence-electron chi connectivity index (χ4n) is 2.84. The lowest BCUT2D eigenvalue weighted by Crippen LogP contribution is -2.48. The number of imidazole rings is 1. The van der Waals surface area contributed by atoms with E-state index in [2.05, 4.69) is 10.3 Å². The van der Waals surface area contributed by atoms with Gasteiger partial charge in [-0.05, 0) is 32.4 Å². The zero-order valence-corrected chi connectivity index (χ0v) is 14.4. The number of anilines is 1. The first-order valence-corrected chi connectivity index (χ1v) is 8.38. The number of carbonyl (C=O) groups excluding carboxylic acids is 2. The average molecular weight is 342 g/mol. The first-order valence-electron chi connectivity index (χ1n) is 8.38. The number of carbonyl (C=O) groups is 2. The zero-order chi connectivity index (χ0) is 17.8. The van der Waals surface area contributed by atoms with E-state index in [1.54, 1.807) is 25.3 Å². The van der Waals surface area contributed by atoms with E-state index in [-0.39, 0.29) is 18.4 Å². The summed E-state index contributed by atoms with van der Waals surface area (Å²) in [5.74, 6) is 1.19. The number of ether oxygens (including phenoxy) is 1. The minimum Gasteiger partial charge on any atom is -0.479 e. The van der Waals surface area contributed by atoms with Crippen LogP contribution < -0.4 is 15.0 Å². The Bertz CT molecular complexity index is 771. The van der Waals surface area contributed by atoms with Gasteiger partial charge in [0.15, 0.2) is 6.10 Å². The first kappa shape index (κ1) is 17.0. The SMILES string of the molecule is Cc1nccn1CCCNC(=O)CN1C(=O)[C@H](C)Oc2ccccc21. The molecule has 0 spiro atoms. The maximum Gasteiger partial charge on any atom is 0.268 e. The summed E-state index contributed by atoms with van der Waals surface area (Å²) in [6.07, 6.45) is 3.89. The van der Waals surface area contributed by atoms with Gasteiger partial charge >= 0.3 is 0 Å².